The third-order valence-electron chi connectivity index (χ3n) is 4.47. The zero-order valence-electron chi connectivity index (χ0n) is 13.7. The molecule has 1 N–H and O–H groups in total. The van der Waals surface area contributed by atoms with Crippen molar-refractivity contribution in [3.63, 3.8) is 0 Å². The second-order valence-electron chi connectivity index (χ2n) is 6.50. The minimum absolute atomic E-state index is 0.163. The molecule has 0 saturated carbocycles. The molecule has 1 aromatic carbocycles. The number of benzene rings is 1. The molecule has 23 heavy (non-hydrogen) atoms. The van der Waals surface area contributed by atoms with Crippen molar-refractivity contribution in [1.82, 2.24) is 19.8 Å². The standard InChI is InChI=1S/C18H25FN4/c1-15(12-23-11-8-20-14-23)21-18-6-9-22(10-7-18)13-16-2-4-17(19)5-3-16/h2-5,8,11,14-15,18,21H,6-7,9-10,12-13H2,1H3/t15-/m1/s1. The highest BCUT2D eigenvalue weighted by Gasteiger charge is 2.20. The molecule has 0 bridgehead atoms. The molecule has 1 aliphatic heterocycles. The second-order valence-corrected chi connectivity index (χ2v) is 6.50. The summed E-state index contributed by atoms with van der Waals surface area (Å²) in [7, 11) is 0. The first-order chi connectivity index (χ1) is 11.2. The smallest absolute Gasteiger partial charge is 0.123 e. The molecular weight excluding hydrogens is 291 g/mol. The lowest BCUT2D eigenvalue weighted by Gasteiger charge is -2.34. The maximum Gasteiger partial charge on any atom is 0.123 e. The predicted molar refractivity (Wildman–Crippen MR) is 89.5 cm³/mol. The van der Waals surface area contributed by atoms with Crippen LogP contribution in [0.5, 0.6) is 0 Å². The molecule has 124 valence electrons. The number of nitrogens with one attached hydrogen (secondary N) is 1. The number of aromatic nitrogens is 2. The van der Waals surface area contributed by atoms with Crippen molar-refractivity contribution in [2.24, 2.45) is 0 Å². The third-order valence-corrected chi connectivity index (χ3v) is 4.47. The van der Waals surface area contributed by atoms with E-state index in [1.165, 1.54) is 5.56 Å². The van der Waals surface area contributed by atoms with Gasteiger partial charge in [-0.2, -0.15) is 0 Å². The van der Waals surface area contributed by atoms with E-state index in [-0.39, 0.29) is 5.82 Å². The van der Waals surface area contributed by atoms with Gasteiger partial charge in [0.1, 0.15) is 5.82 Å². The summed E-state index contributed by atoms with van der Waals surface area (Å²) in [5.41, 5.74) is 1.19. The van der Waals surface area contributed by atoms with Crippen molar-refractivity contribution in [1.29, 1.82) is 0 Å². The molecule has 4 nitrogen and oxygen atoms in total. The Balaban J connectivity index is 1.40. The molecule has 0 radical (unpaired) electrons. The first-order valence-corrected chi connectivity index (χ1v) is 8.37. The third kappa shape index (κ3) is 4.88. The summed E-state index contributed by atoms with van der Waals surface area (Å²) < 4.78 is 15.1. The lowest BCUT2D eigenvalue weighted by atomic mass is 10.0. The van der Waals surface area contributed by atoms with E-state index in [0.717, 1.165) is 39.0 Å². The van der Waals surface area contributed by atoms with Gasteiger partial charge in [-0.3, -0.25) is 4.90 Å². The zero-order chi connectivity index (χ0) is 16.1. The van der Waals surface area contributed by atoms with E-state index in [0.29, 0.717) is 12.1 Å². The fraction of sp³-hybridized carbons (Fsp3) is 0.500. The molecular formula is C18H25FN4. The molecule has 1 aromatic heterocycles. The van der Waals surface area contributed by atoms with Crippen LogP contribution in [0.1, 0.15) is 25.3 Å². The monoisotopic (exact) mass is 316 g/mol. The molecule has 0 unspecified atom stereocenters. The number of hydrogen-bond acceptors (Lipinski definition) is 3. The number of rotatable bonds is 6. The van der Waals surface area contributed by atoms with Crippen molar-refractivity contribution >= 4 is 0 Å². The summed E-state index contributed by atoms with van der Waals surface area (Å²) in [5, 5.41) is 3.72. The molecule has 0 amide bonds. The SMILES string of the molecule is C[C@H](Cn1ccnc1)NC1CCN(Cc2ccc(F)cc2)CC1. The first kappa shape index (κ1) is 16.1. The van der Waals surface area contributed by atoms with Gasteiger partial charge in [-0.15, -0.1) is 0 Å². The van der Waals surface area contributed by atoms with Gasteiger partial charge in [0.15, 0.2) is 0 Å². The van der Waals surface area contributed by atoms with E-state index < -0.39 is 0 Å². The highest BCUT2D eigenvalue weighted by Crippen LogP contribution is 2.15. The molecule has 1 saturated heterocycles. The molecule has 3 rings (SSSR count). The summed E-state index contributed by atoms with van der Waals surface area (Å²) in [6.45, 7) is 6.28. The van der Waals surface area contributed by atoms with E-state index in [1.807, 2.05) is 30.9 Å². The second kappa shape index (κ2) is 7.70. The maximum absolute atomic E-state index is 12.9. The van der Waals surface area contributed by atoms with Gasteiger partial charge in [-0.25, -0.2) is 9.37 Å². The van der Waals surface area contributed by atoms with E-state index in [1.54, 1.807) is 12.1 Å². The molecule has 1 fully saturated rings. The molecule has 5 heteroatoms. The van der Waals surface area contributed by atoms with Gasteiger partial charge in [-0.05, 0) is 50.6 Å². The first-order valence-electron chi connectivity index (χ1n) is 8.37. The van der Waals surface area contributed by atoms with Gasteiger partial charge in [0.05, 0.1) is 6.33 Å². The summed E-state index contributed by atoms with van der Waals surface area (Å²) in [6, 6.07) is 7.87. The van der Waals surface area contributed by atoms with Crippen LogP contribution in [0.4, 0.5) is 4.39 Å². The van der Waals surface area contributed by atoms with Gasteiger partial charge in [-0.1, -0.05) is 12.1 Å². The highest BCUT2D eigenvalue weighted by molar-refractivity contribution is 5.16. The van der Waals surface area contributed by atoms with Crippen LogP contribution in [0.2, 0.25) is 0 Å². The Morgan fingerprint density at radius 3 is 2.65 bits per heavy atom. The summed E-state index contributed by atoms with van der Waals surface area (Å²) in [6.07, 6.45) is 8.01. The average molecular weight is 316 g/mol. The van der Waals surface area contributed by atoms with Crippen LogP contribution >= 0.6 is 0 Å². The van der Waals surface area contributed by atoms with Crippen LogP contribution in [0, 0.1) is 5.82 Å². The van der Waals surface area contributed by atoms with E-state index in [9.17, 15) is 4.39 Å². The zero-order valence-corrected chi connectivity index (χ0v) is 13.7. The Kier molecular flexibility index (Phi) is 5.41. The highest BCUT2D eigenvalue weighted by atomic mass is 19.1. The minimum atomic E-state index is -0.163. The summed E-state index contributed by atoms with van der Waals surface area (Å²) >= 11 is 0. The quantitative estimate of drug-likeness (QED) is 0.889. The number of nitrogens with zero attached hydrogens (tertiary/aromatic N) is 3. The minimum Gasteiger partial charge on any atom is -0.336 e. The number of imidazole rings is 1. The Morgan fingerprint density at radius 2 is 2.00 bits per heavy atom. The molecule has 1 aliphatic rings. The van der Waals surface area contributed by atoms with E-state index >= 15 is 0 Å². The van der Waals surface area contributed by atoms with Crippen molar-refractivity contribution < 1.29 is 4.39 Å². The van der Waals surface area contributed by atoms with Crippen molar-refractivity contribution in [2.45, 2.75) is 44.9 Å². The van der Waals surface area contributed by atoms with Gasteiger partial charge in [0.2, 0.25) is 0 Å². The molecule has 1 atom stereocenters. The molecule has 2 heterocycles. The van der Waals surface area contributed by atoms with Gasteiger partial charge in [0, 0.05) is 37.6 Å². The fourth-order valence-electron chi connectivity index (χ4n) is 3.27. The Bertz CT molecular complexity index is 574. The lowest BCUT2D eigenvalue weighted by molar-refractivity contribution is 0.183. The van der Waals surface area contributed by atoms with Crippen LogP contribution in [0.25, 0.3) is 0 Å². The van der Waals surface area contributed by atoms with Crippen LogP contribution in [-0.4, -0.2) is 39.6 Å². The topological polar surface area (TPSA) is 33.1 Å². The Morgan fingerprint density at radius 1 is 1.26 bits per heavy atom. The number of piperidine rings is 1. The average Bonchev–Trinajstić information content (AvgIpc) is 3.04. The summed E-state index contributed by atoms with van der Waals surface area (Å²) in [5.74, 6) is -0.163. The van der Waals surface area contributed by atoms with Crippen LogP contribution in [0.15, 0.2) is 43.0 Å². The predicted octanol–water partition coefficient (Wildman–Crippen LogP) is 2.66. The molecule has 0 spiro atoms. The Hall–Kier alpha value is -1.72. The Labute approximate surface area is 137 Å². The maximum atomic E-state index is 12.9. The van der Waals surface area contributed by atoms with Crippen molar-refractivity contribution in [3.05, 3.63) is 54.4 Å². The number of hydrogen-bond donors (Lipinski definition) is 1. The van der Waals surface area contributed by atoms with Gasteiger partial charge in [0.25, 0.3) is 0 Å². The largest absolute Gasteiger partial charge is 0.336 e. The van der Waals surface area contributed by atoms with E-state index in [2.05, 4.69) is 26.7 Å². The number of halogens is 1. The van der Waals surface area contributed by atoms with Crippen molar-refractivity contribution in [2.75, 3.05) is 13.1 Å². The van der Waals surface area contributed by atoms with E-state index in [4.69, 9.17) is 0 Å². The van der Waals surface area contributed by atoms with Crippen LogP contribution in [0.3, 0.4) is 0 Å². The summed E-state index contributed by atoms with van der Waals surface area (Å²) in [4.78, 5) is 6.53. The lowest BCUT2D eigenvalue weighted by Crippen LogP contribution is -2.46. The molecule has 0 aliphatic carbocycles. The van der Waals surface area contributed by atoms with Crippen LogP contribution in [-0.2, 0) is 13.1 Å². The van der Waals surface area contributed by atoms with Crippen LogP contribution < -0.4 is 5.32 Å². The van der Waals surface area contributed by atoms with Crippen molar-refractivity contribution in [3.8, 4) is 0 Å². The number of likely N-dealkylation sites (tertiary alicyclic amines) is 1. The van der Waals surface area contributed by atoms with Gasteiger partial charge >= 0.3 is 0 Å². The normalized spacial score (nSPS) is 18.2. The fourth-order valence-corrected chi connectivity index (χ4v) is 3.27. The molecule has 2 aromatic rings. The van der Waals surface area contributed by atoms with Gasteiger partial charge < -0.3 is 9.88 Å².